The third-order valence-electron chi connectivity index (χ3n) is 4.03. The van der Waals surface area contributed by atoms with Gasteiger partial charge in [0.25, 0.3) is 5.91 Å². The molecule has 140 valence electrons. The highest BCUT2D eigenvalue weighted by molar-refractivity contribution is 5.92. The topological polar surface area (TPSA) is 47.6 Å². The zero-order valence-corrected chi connectivity index (χ0v) is 15.8. The molecule has 2 rings (SSSR count). The molecule has 1 N–H and O–H groups in total. The predicted octanol–water partition coefficient (Wildman–Crippen LogP) is 5.36. The van der Waals surface area contributed by atoms with Crippen molar-refractivity contribution in [3.05, 3.63) is 54.1 Å². The largest absolute Gasteiger partial charge is 0.494 e. The van der Waals surface area contributed by atoms with E-state index in [9.17, 15) is 4.79 Å². The Morgan fingerprint density at radius 2 is 1.69 bits per heavy atom. The number of carbonyl (C=O) groups is 1. The second kappa shape index (κ2) is 11.2. The molecule has 4 nitrogen and oxygen atoms in total. The summed E-state index contributed by atoms with van der Waals surface area (Å²) in [4.78, 5) is 12.0. The molecule has 0 aromatic heterocycles. The van der Waals surface area contributed by atoms with Crippen molar-refractivity contribution in [2.45, 2.75) is 46.0 Å². The highest BCUT2D eigenvalue weighted by atomic mass is 16.5. The van der Waals surface area contributed by atoms with Gasteiger partial charge >= 0.3 is 0 Å². The molecule has 0 spiro atoms. The van der Waals surface area contributed by atoms with Crippen LogP contribution in [0.5, 0.6) is 11.5 Å². The Balaban J connectivity index is 1.72. The summed E-state index contributed by atoms with van der Waals surface area (Å²) >= 11 is 0. The molecular weight excluding hydrogens is 326 g/mol. The lowest BCUT2D eigenvalue weighted by molar-refractivity contribution is -0.118. The highest BCUT2D eigenvalue weighted by Gasteiger charge is 2.05. The molecular formula is C22H29NO3. The molecule has 0 aliphatic heterocycles. The normalized spacial score (nSPS) is 10.4. The Kier molecular flexibility index (Phi) is 8.53. The van der Waals surface area contributed by atoms with Gasteiger partial charge < -0.3 is 14.8 Å². The Morgan fingerprint density at radius 1 is 0.923 bits per heavy atom. The fourth-order valence-electron chi connectivity index (χ4n) is 2.54. The van der Waals surface area contributed by atoms with Gasteiger partial charge in [-0.15, -0.1) is 0 Å². The second-order valence-electron chi connectivity index (χ2n) is 6.44. The predicted molar refractivity (Wildman–Crippen MR) is 106 cm³/mol. The summed E-state index contributed by atoms with van der Waals surface area (Å²) in [6, 6.07) is 15.1. The van der Waals surface area contributed by atoms with Gasteiger partial charge in [0.2, 0.25) is 0 Å². The monoisotopic (exact) mass is 355 g/mol. The van der Waals surface area contributed by atoms with E-state index in [1.165, 1.54) is 25.7 Å². The molecule has 26 heavy (non-hydrogen) atoms. The minimum absolute atomic E-state index is 0.0222. The average Bonchev–Trinajstić information content (AvgIpc) is 2.64. The van der Waals surface area contributed by atoms with Crippen LogP contribution in [0.2, 0.25) is 0 Å². The smallest absolute Gasteiger partial charge is 0.262 e. The summed E-state index contributed by atoms with van der Waals surface area (Å²) in [5.74, 6) is 1.27. The standard InChI is InChI=1S/C22H29NO3/c1-3-4-5-6-7-15-25-21-10-8-9-19(16-21)23-22(24)17-26-20-13-11-18(2)12-14-20/h8-14,16H,3-7,15,17H2,1-2H3,(H,23,24). The highest BCUT2D eigenvalue weighted by Crippen LogP contribution is 2.18. The van der Waals surface area contributed by atoms with Crippen molar-refractivity contribution < 1.29 is 14.3 Å². The van der Waals surface area contributed by atoms with Crippen molar-refractivity contribution >= 4 is 11.6 Å². The lowest BCUT2D eigenvalue weighted by atomic mass is 10.2. The fourth-order valence-corrected chi connectivity index (χ4v) is 2.54. The maximum absolute atomic E-state index is 12.0. The van der Waals surface area contributed by atoms with Crippen LogP contribution in [0.3, 0.4) is 0 Å². The van der Waals surface area contributed by atoms with Crippen LogP contribution in [0.15, 0.2) is 48.5 Å². The maximum atomic E-state index is 12.0. The van der Waals surface area contributed by atoms with E-state index in [4.69, 9.17) is 9.47 Å². The van der Waals surface area contributed by atoms with Gasteiger partial charge in [-0.2, -0.15) is 0 Å². The number of benzene rings is 2. The molecule has 0 unspecified atom stereocenters. The molecule has 2 aromatic carbocycles. The van der Waals surface area contributed by atoms with Crippen LogP contribution >= 0.6 is 0 Å². The van der Waals surface area contributed by atoms with Crippen LogP contribution in [-0.4, -0.2) is 19.1 Å². The number of rotatable bonds is 11. The first-order valence-corrected chi connectivity index (χ1v) is 9.39. The molecule has 0 bridgehead atoms. The summed E-state index contributed by atoms with van der Waals surface area (Å²) in [5.41, 5.74) is 1.87. The van der Waals surface area contributed by atoms with Gasteiger partial charge in [-0.3, -0.25) is 4.79 Å². The van der Waals surface area contributed by atoms with Crippen molar-refractivity contribution in [1.82, 2.24) is 0 Å². The second-order valence-corrected chi connectivity index (χ2v) is 6.44. The number of aryl methyl sites for hydroxylation is 1. The van der Waals surface area contributed by atoms with E-state index in [0.29, 0.717) is 18.0 Å². The zero-order valence-electron chi connectivity index (χ0n) is 15.8. The summed E-state index contributed by atoms with van der Waals surface area (Å²) in [6.45, 7) is 4.90. The molecule has 0 aliphatic rings. The molecule has 0 radical (unpaired) electrons. The first-order chi connectivity index (χ1) is 12.7. The summed E-state index contributed by atoms with van der Waals surface area (Å²) < 4.78 is 11.3. The third-order valence-corrected chi connectivity index (χ3v) is 4.03. The quantitative estimate of drug-likeness (QED) is 0.552. The Bertz CT molecular complexity index is 667. The van der Waals surface area contributed by atoms with E-state index in [0.717, 1.165) is 17.7 Å². The molecule has 0 fully saturated rings. The molecule has 0 saturated heterocycles. The van der Waals surface area contributed by atoms with Gasteiger partial charge in [-0.1, -0.05) is 56.4 Å². The summed E-state index contributed by atoms with van der Waals surface area (Å²) in [6.07, 6.45) is 6.04. The number of hydrogen-bond donors (Lipinski definition) is 1. The Morgan fingerprint density at radius 3 is 2.46 bits per heavy atom. The van der Waals surface area contributed by atoms with E-state index in [1.807, 2.05) is 55.5 Å². The van der Waals surface area contributed by atoms with Crippen LogP contribution < -0.4 is 14.8 Å². The fraction of sp³-hybridized carbons (Fsp3) is 0.409. The lowest BCUT2D eigenvalue weighted by Gasteiger charge is -2.10. The SMILES string of the molecule is CCCCCCCOc1cccc(NC(=O)COc2ccc(C)cc2)c1. The van der Waals surface area contributed by atoms with Crippen LogP contribution in [-0.2, 0) is 4.79 Å². The number of ether oxygens (including phenoxy) is 2. The van der Waals surface area contributed by atoms with Gasteiger partial charge in [0, 0.05) is 11.8 Å². The van der Waals surface area contributed by atoms with Crippen molar-refractivity contribution in [3.63, 3.8) is 0 Å². The number of nitrogens with one attached hydrogen (secondary N) is 1. The molecule has 0 atom stereocenters. The molecule has 0 aliphatic carbocycles. The van der Waals surface area contributed by atoms with E-state index in [2.05, 4.69) is 12.2 Å². The van der Waals surface area contributed by atoms with Crippen LogP contribution in [0.25, 0.3) is 0 Å². The number of unbranched alkanes of at least 4 members (excludes halogenated alkanes) is 4. The minimum Gasteiger partial charge on any atom is -0.494 e. The van der Waals surface area contributed by atoms with Crippen LogP contribution in [0, 0.1) is 6.92 Å². The first-order valence-electron chi connectivity index (χ1n) is 9.39. The molecule has 4 heteroatoms. The number of amides is 1. The summed E-state index contributed by atoms with van der Waals surface area (Å²) in [7, 11) is 0. The van der Waals surface area contributed by atoms with Crippen molar-refractivity contribution in [2.24, 2.45) is 0 Å². The zero-order chi connectivity index (χ0) is 18.6. The number of anilines is 1. The van der Waals surface area contributed by atoms with E-state index in [1.54, 1.807) is 0 Å². The number of carbonyl (C=O) groups excluding carboxylic acids is 1. The van der Waals surface area contributed by atoms with E-state index < -0.39 is 0 Å². The van der Waals surface area contributed by atoms with Crippen molar-refractivity contribution in [1.29, 1.82) is 0 Å². The third kappa shape index (κ3) is 7.60. The lowest BCUT2D eigenvalue weighted by Crippen LogP contribution is -2.20. The van der Waals surface area contributed by atoms with Gasteiger partial charge in [0.1, 0.15) is 11.5 Å². The van der Waals surface area contributed by atoms with E-state index in [-0.39, 0.29) is 12.5 Å². The minimum atomic E-state index is -0.192. The van der Waals surface area contributed by atoms with Gasteiger partial charge in [0.05, 0.1) is 6.61 Å². The molecule has 0 saturated carbocycles. The van der Waals surface area contributed by atoms with Gasteiger partial charge in [-0.25, -0.2) is 0 Å². The molecule has 0 heterocycles. The Labute approximate surface area is 156 Å². The van der Waals surface area contributed by atoms with Crippen molar-refractivity contribution in [3.8, 4) is 11.5 Å². The van der Waals surface area contributed by atoms with Crippen molar-refractivity contribution in [2.75, 3.05) is 18.5 Å². The summed E-state index contributed by atoms with van der Waals surface area (Å²) in [5, 5.41) is 2.84. The molecule has 1 amide bonds. The maximum Gasteiger partial charge on any atom is 0.262 e. The van der Waals surface area contributed by atoms with Gasteiger partial charge in [0.15, 0.2) is 6.61 Å². The van der Waals surface area contributed by atoms with Crippen LogP contribution in [0.4, 0.5) is 5.69 Å². The van der Waals surface area contributed by atoms with E-state index >= 15 is 0 Å². The molecule has 2 aromatic rings. The van der Waals surface area contributed by atoms with Crippen LogP contribution in [0.1, 0.15) is 44.6 Å². The first kappa shape index (κ1) is 19.8. The Hall–Kier alpha value is -2.49. The number of hydrogen-bond acceptors (Lipinski definition) is 3. The van der Waals surface area contributed by atoms with Gasteiger partial charge in [-0.05, 0) is 37.6 Å². The average molecular weight is 355 g/mol.